The van der Waals surface area contributed by atoms with Crippen LogP contribution in [-0.2, 0) is 0 Å². The molecule has 0 N–H and O–H groups in total. The van der Waals surface area contributed by atoms with Gasteiger partial charge in [0, 0.05) is 32.6 Å². The summed E-state index contributed by atoms with van der Waals surface area (Å²) in [6.07, 6.45) is 0. The number of oxazole rings is 1. The van der Waals surface area contributed by atoms with Crippen molar-refractivity contribution in [3.63, 3.8) is 0 Å². The molecule has 0 bridgehead atoms. The Morgan fingerprint density at radius 3 is 1.88 bits per heavy atom. The van der Waals surface area contributed by atoms with Crippen LogP contribution in [0.4, 0.5) is 0 Å². The lowest BCUT2D eigenvalue weighted by atomic mass is 10.1. The van der Waals surface area contributed by atoms with E-state index in [1.807, 2.05) is 30.3 Å². The second kappa shape index (κ2) is 7.89. The molecule has 0 aliphatic carbocycles. The summed E-state index contributed by atoms with van der Waals surface area (Å²) in [6.45, 7) is 0. The number of furan rings is 1. The first-order valence-electron chi connectivity index (χ1n) is 14.1. The molecule has 10 aromatic rings. The Kier molecular flexibility index (Phi) is 4.12. The van der Waals surface area contributed by atoms with Crippen LogP contribution in [0.1, 0.15) is 0 Å². The van der Waals surface area contributed by atoms with E-state index >= 15 is 0 Å². The predicted octanol–water partition coefficient (Wildman–Crippen LogP) is 9.92. The van der Waals surface area contributed by atoms with Gasteiger partial charge in [0.2, 0.25) is 0 Å². The van der Waals surface area contributed by atoms with Crippen molar-refractivity contribution in [3.8, 4) is 11.7 Å². The van der Waals surface area contributed by atoms with Gasteiger partial charge in [-0.25, -0.2) is 0 Å². The Bertz CT molecular complexity index is 2690. The summed E-state index contributed by atoms with van der Waals surface area (Å²) in [4.78, 5) is 5.04. The van der Waals surface area contributed by atoms with Crippen molar-refractivity contribution in [1.82, 2.24) is 14.1 Å². The Balaban J connectivity index is 1.35. The molecule has 196 valence electrons. The fourth-order valence-electron chi connectivity index (χ4n) is 6.77. The Hall–Kier alpha value is -5.81. The fourth-order valence-corrected chi connectivity index (χ4v) is 6.77. The van der Waals surface area contributed by atoms with Gasteiger partial charge in [-0.3, -0.25) is 4.57 Å². The Morgan fingerprint density at radius 2 is 1.10 bits per heavy atom. The molecule has 0 spiro atoms. The lowest BCUT2D eigenvalue weighted by Gasteiger charge is -2.08. The number of benzene rings is 6. The van der Waals surface area contributed by atoms with Gasteiger partial charge in [0.25, 0.3) is 0 Å². The topological polar surface area (TPSA) is 49.0 Å². The second-order valence-corrected chi connectivity index (χ2v) is 10.8. The summed E-state index contributed by atoms with van der Waals surface area (Å²) in [5.74, 6) is 0. The third kappa shape index (κ3) is 2.79. The van der Waals surface area contributed by atoms with Gasteiger partial charge in [0.1, 0.15) is 16.7 Å². The number of fused-ring (bicyclic) bond motifs is 11. The van der Waals surface area contributed by atoms with Crippen LogP contribution in [-0.4, -0.2) is 14.1 Å². The van der Waals surface area contributed by atoms with Crippen molar-refractivity contribution < 1.29 is 8.83 Å². The summed E-state index contributed by atoms with van der Waals surface area (Å²) in [7, 11) is 0. The van der Waals surface area contributed by atoms with Gasteiger partial charge < -0.3 is 13.4 Å². The smallest absolute Gasteiger partial charge is 0.307 e. The number of para-hydroxylation sites is 4. The average molecular weight is 540 g/mol. The van der Waals surface area contributed by atoms with Crippen LogP contribution in [0.15, 0.2) is 136 Å². The Labute approximate surface area is 238 Å². The first kappa shape index (κ1) is 21.9. The SMILES string of the molecule is c1ccc(-n2c3ccccc3c3cc4c5ccccc5n(-c5nc6ccc7oc8ccccc8c7c6o5)c4cc32)cc1. The van der Waals surface area contributed by atoms with Crippen molar-refractivity contribution >= 4 is 76.6 Å². The van der Waals surface area contributed by atoms with Crippen molar-refractivity contribution in [2.24, 2.45) is 0 Å². The minimum absolute atomic E-state index is 0.538. The number of rotatable bonds is 2. The van der Waals surface area contributed by atoms with Crippen LogP contribution >= 0.6 is 0 Å². The van der Waals surface area contributed by atoms with Crippen LogP contribution in [0.2, 0.25) is 0 Å². The highest BCUT2D eigenvalue weighted by molar-refractivity contribution is 6.19. The molecule has 5 nitrogen and oxygen atoms in total. The molecule has 0 aliphatic heterocycles. The van der Waals surface area contributed by atoms with Crippen molar-refractivity contribution in [1.29, 1.82) is 0 Å². The first-order valence-corrected chi connectivity index (χ1v) is 14.1. The summed E-state index contributed by atoms with van der Waals surface area (Å²) in [6, 6.07) is 44.9. The molecule has 0 unspecified atom stereocenters. The standard InChI is InChI=1S/C37H21N3O2/c1-2-10-22(11-3-1)39-29-15-7-4-12-23(29)26-20-27-24-13-5-8-16-30(24)40(32(27)21-31(26)39)37-38-28-18-19-34-35(36(28)42-37)25-14-6-9-17-33(25)41-34/h1-21H. The highest BCUT2D eigenvalue weighted by atomic mass is 16.4. The molecule has 4 aromatic heterocycles. The molecular formula is C37H21N3O2. The van der Waals surface area contributed by atoms with Crippen LogP contribution < -0.4 is 0 Å². The molecule has 4 heterocycles. The Morgan fingerprint density at radius 1 is 0.452 bits per heavy atom. The highest BCUT2D eigenvalue weighted by Gasteiger charge is 2.22. The maximum Gasteiger partial charge on any atom is 0.307 e. The molecule has 6 aromatic carbocycles. The van der Waals surface area contributed by atoms with E-state index in [-0.39, 0.29) is 0 Å². The molecular weight excluding hydrogens is 518 g/mol. The number of hydrogen-bond donors (Lipinski definition) is 0. The van der Waals surface area contributed by atoms with E-state index in [2.05, 4.69) is 106 Å². The van der Waals surface area contributed by atoms with E-state index in [4.69, 9.17) is 13.8 Å². The molecule has 0 saturated heterocycles. The molecule has 0 radical (unpaired) electrons. The number of aromatic nitrogens is 3. The van der Waals surface area contributed by atoms with E-state index in [9.17, 15) is 0 Å². The van der Waals surface area contributed by atoms with Crippen molar-refractivity contribution in [2.75, 3.05) is 0 Å². The summed E-state index contributed by atoms with van der Waals surface area (Å²) >= 11 is 0. The molecule has 5 heteroatoms. The van der Waals surface area contributed by atoms with Crippen LogP contribution in [0.25, 0.3) is 88.4 Å². The summed E-state index contributed by atoms with van der Waals surface area (Å²) < 4.78 is 17.3. The number of nitrogens with zero attached hydrogens (tertiary/aromatic N) is 3. The van der Waals surface area contributed by atoms with Gasteiger partial charge in [-0.05, 0) is 54.6 Å². The second-order valence-electron chi connectivity index (χ2n) is 10.8. The number of hydrogen-bond acceptors (Lipinski definition) is 3. The van der Waals surface area contributed by atoms with Crippen molar-refractivity contribution in [2.45, 2.75) is 0 Å². The molecule has 0 saturated carbocycles. The third-order valence-corrected chi connectivity index (χ3v) is 8.56. The van der Waals surface area contributed by atoms with Crippen LogP contribution in [0.3, 0.4) is 0 Å². The van der Waals surface area contributed by atoms with Gasteiger partial charge in [0.15, 0.2) is 5.58 Å². The predicted molar refractivity (Wildman–Crippen MR) is 170 cm³/mol. The summed E-state index contributed by atoms with van der Waals surface area (Å²) in [5.41, 5.74) is 8.71. The zero-order valence-electron chi connectivity index (χ0n) is 22.3. The minimum Gasteiger partial charge on any atom is -0.456 e. The van der Waals surface area contributed by atoms with E-state index in [1.54, 1.807) is 0 Å². The first-order chi connectivity index (χ1) is 20.8. The third-order valence-electron chi connectivity index (χ3n) is 8.56. The molecule has 0 amide bonds. The van der Waals surface area contributed by atoms with Crippen LogP contribution in [0, 0.1) is 0 Å². The molecule has 42 heavy (non-hydrogen) atoms. The van der Waals surface area contributed by atoms with Gasteiger partial charge >= 0.3 is 6.01 Å². The minimum atomic E-state index is 0.538. The quantitative estimate of drug-likeness (QED) is 0.220. The maximum absolute atomic E-state index is 6.68. The van der Waals surface area contributed by atoms with Gasteiger partial charge in [-0.1, -0.05) is 72.8 Å². The monoisotopic (exact) mass is 539 g/mol. The van der Waals surface area contributed by atoms with E-state index in [0.29, 0.717) is 6.01 Å². The van der Waals surface area contributed by atoms with Gasteiger partial charge in [-0.15, -0.1) is 0 Å². The summed E-state index contributed by atoms with van der Waals surface area (Å²) in [5, 5.41) is 6.74. The van der Waals surface area contributed by atoms with Gasteiger partial charge in [0.05, 0.1) is 27.5 Å². The van der Waals surface area contributed by atoms with Gasteiger partial charge in [-0.2, -0.15) is 4.98 Å². The highest BCUT2D eigenvalue weighted by Crippen LogP contribution is 2.41. The molecule has 0 fully saturated rings. The largest absolute Gasteiger partial charge is 0.456 e. The van der Waals surface area contributed by atoms with E-state index in [0.717, 1.165) is 66.0 Å². The molecule has 10 rings (SSSR count). The lowest BCUT2D eigenvalue weighted by molar-refractivity contribution is 0.577. The normalized spacial score (nSPS) is 12.3. The van der Waals surface area contributed by atoms with Crippen LogP contribution in [0.5, 0.6) is 0 Å². The maximum atomic E-state index is 6.68. The average Bonchev–Trinajstić information content (AvgIpc) is 3.79. The van der Waals surface area contributed by atoms with Crippen molar-refractivity contribution in [3.05, 3.63) is 127 Å². The molecule has 0 aliphatic rings. The van der Waals surface area contributed by atoms with E-state index in [1.165, 1.54) is 16.3 Å². The zero-order valence-corrected chi connectivity index (χ0v) is 22.3. The molecule has 0 atom stereocenters. The lowest BCUT2D eigenvalue weighted by Crippen LogP contribution is -1.95. The van der Waals surface area contributed by atoms with E-state index < -0.39 is 0 Å². The zero-order chi connectivity index (χ0) is 27.4. The fraction of sp³-hybridized carbons (Fsp3) is 0.